The van der Waals surface area contributed by atoms with E-state index < -0.39 is 0 Å². The van der Waals surface area contributed by atoms with Crippen molar-refractivity contribution in [2.75, 3.05) is 6.61 Å². The van der Waals surface area contributed by atoms with E-state index in [9.17, 15) is 4.79 Å². The number of hydrogen-bond donors (Lipinski definition) is 1. The summed E-state index contributed by atoms with van der Waals surface area (Å²) in [6, 6.07) is 3.72. The van der Waals surface area contributed by atoms with Crippen LogP contribution in [0.15, 0.2) is 22.8 Å². The molecule has 16 heavy (non-hydrogen) atoms. The van der Waals surface area contributed by atoms with Gasteiger partial charge in [-0.25, -0.2) is 4.98 Å². The Hall–Kier alpha value is -0.940. The van der Waals surface area contributed by atoms with Crippen LogP contribution in [0, 0.1) is 0 Å². The number of halogens is 1. The molecule has 0 radical (unpaired) electrons. The van der Waals surface area contributed by atoms with Crippen molar-refractivity contribution in [3.05, 3.63) is 28.5 Å². The molecule has 0 spiro atoms. The van der Waals surface area contributed by atoms with Gasteiger partial charge in [0.1, 0.15) is 5.69 Å². The van der Waals surface area contributed by atoms with E-state index in [-0.39, 0.29) is 18.1 Å². The fourth-order valence-corrected chi connectivity index (χ4v) is 1.95. The summed E-state index contributed by atoms with van der Waals surface area (Å²) in [6.45, 7) is 2.64. The van der Waals surface area contributed by atoms with Gasteiger partial charge in [0.2, 0.25) is 0 Å². The highest BCUT2D eigenvalue weighted by molar-refractivity contribution is 9.10. The third-order valence-corrected chi connectivity index (χ3v) is 3.04. The molecule has 0 bridgehead atoms. The minimum absolute atomic E-state index is 0.140. The second-order valence-corrected chi connectivity index (χ2v) is 4.50. The summed E-state index contributed by atoms with van der Waals surface area (Å²) in [4.78, 5) is 15.8. The van der Waals surface area contributed by atoms with Crippen LogP contribution in [0.5, 0.6) is 0 Å². The molecule has 1 aromatic rings. The fraction of sp³-hybridized carbons (Fsp3) is 0.455. The van der Waals surface area contributed by atoms with Gasteiger partial charge in [0, 0.05) is 17.3 Å². The Bertz CT molecular complexity index is 397. The van der Waals surface area contributed by atoms with Crippen LogP contribution in [-0.4, -0.2) is 29.6 Å². The molecule has 1 N–H and O–H groups in total. The summed E-state index contributed by atoms with van der Waals surface area (Å²) in [6.07, 6.45) is 2.67. The van der Waals surface area contributed by atoms with Crippen LogP contribution in [0.3, 0.4) is 0 Å². The lowest BCUT2D eigenvalue weighted by Crippen LogP contribution is -2.29. The number of amides is 1. The third kappa shape index (κ3) is 2.59. The number of ether oxygens (including phenoxy) is 1. The van der Waals surface area contributed by atoms with Crippen molar-refractivity contribution in [3.63, 3.8) is 0 Å². The molecule has 1 aliphatic rings. The van der Waals surface area contributed by atoms with Crippen LogP contribution >= 0.6 is 15.9 Å². The van der Waals surface area contributed by atoms with Gasteiger partial charge in [-0.15, -0.1) is 0 Å². The molecule has 4 nitrogen and oxygen atoms in total. The molecule has 2 rings (SSSR count). The zero-order chi connectivity index (χ0) is 11.5. The smallest absolute Gasteiger partial charge is 0.271 e. The summed E-state index contributed by atoms with van der Waals surface area (Å²) in [7, 11) is 0. The van der Waals surface area contributed by atoms with E-state index in [2.05, 4.69) is 26.2 Å². The number of nitrogens with zero attached hydrogens (tertiary/aromatic N) is 1. The van der Waals surface area contributed by atoms with Gasteiger partial charge >= 0.3 is 0 Å². The van der Waals surface area contributed by atoms with Gasteiger partial charge < -0.3 is 10.1 Å². The summed E-state index contributed by atoms with van der Waals surface area (Å²) < 4.78 is 6.09. The highest BCUT2D eigenvalue weighted by Crippen LogP contribution is 2.25. The SMILES string of the molecule is CCO[C@H]1C[C@@H]1NC(=O)c1ncccc1Br. The Labute approximate surface area is 103 Å². The number of aromatic nitrogens is 1. The molecule has 2 atom stereocenters. The van der Waals surface area contributed by atoms with Crippen molar-refractivity contribution in [3.8, 4) is 0 Å². The van der Waals surface area contributed by atoms with Gasteiger partial charge in [-0.05, 0) is 41.4 Å². The van der Waals surface area contributed by atoms with Crippen LogP contribution in [0.1, 0.15) is 23.8 Å². The van der Waals surface area contributed by atoms with Gasteiger partial charge in [-0.1, -0.05) is 0 Å². The summed E-state index contributed by atoms with van der Waals surface area (Å²) in [5.74, 6) is -0.153. The number of carbonyl (C=O) groups is 1. The average Bonchev–Trinajstić information content (AvgIpc) is 2.97. The van der Waals surface area contributed by atoms with Crippen molar-refractivity contribution in [1.82, 2.24) is 10.3 Å². The van der Waals surface area contributed by atoms with Gasteiger partial charge in [0.25, 0.3) is 5.91 Å². The average molecular weight is 285 g/mol. The van der Waals surface area contributed by atoms with E-state index in [1.807, 2.05) is 6.92 Å². The predicted molar refractivity (Wildman–Crippen MR) is 63.2 cm³/mol. The third-order valence-electron chi connectivity index (χ3n) is 2.40. The molecule has 1 heterocycles. The topological polar surface area (TPSA) is 51.2 Å². The first-order valence-corrected chi connectivity index (χ1v) is 6.04. The number of rotatable bonds is 4. The zero-order valence-corrected chi connectivity index (χ0v) is 10.5. The first-order valence-electron chi connectivity index (χ1n) is 5.25. The highest BCUT2D eigenvalue weighted by Gasteiger charge is 2.39. The molecule has 1 aromatic heterocycles. The first kappa shape index (κ1) is 11.5. The Balaban J connectivity index is 1.92. The van der Waals surface area contributed by atoms with Crippen molar-refractivity contribution in [2.45, 2.75) is 25.5 Å². The standard InChI is InChI=1S/C11H13BrN2O2/c1-2-16-9-6-8(9)14-11(15)10-7(12)4-3-5-13-10/h3-5,8-9H,2,6H2,1H3,(H,14,15)/t8-,9-/m0/s1. The van der Waals surface area contributed by atoms with Crippen molar-refractivity contribution >= 4 is 21.8 Å². The molecular weight excluding hydrogens is 272 g/mol. The van der Waals surface area contributed by atoms with Gasteiger partial charge in [-0.3, -0.25) is 4.79 Å². The molecule has 86 valence electrons. The van der Waals surface area contributed by atoms with E-state index >= 15 is 0 Å². The number of pyridine rings is 1. The lowest BCUT2D eigenvalue weighted by molar-refractivity contribution is 0.0909. The normalized spacial score (nSPS) is 22.9. The molecule has 1 fully saturated rings. The second kappa shape index (κ2) is 4.93. The van der Waals surface area contributed by atoms with E-state index in [0.29, 0.717) is 16.8 Å². The molecule has 1 aliphatic carbocycles. The van der Waals surface area contributed by atoms with Crippen molar-refractivity contribution in [2.24, 2.45) is 0 Å². The molecule has 0 aliphatic heterocycles. The molecule has 5 heteroatoms. The van der Waals surface area contributed by atoms with Crippen LogP contribution in [0.25, 0.3) is 0 Å². The molecule has 0 unspecified atom stereocenters. The Kier molecular flexibility index (Phi) is 3.56. The second-order valence-electron chi connectivity index (χ2n) is 3.64. The van der Waals surface area contributed by atoms with Crippen LogP contribution in [0.2, 0.25) is 0 Å². The first-order chi connectivity index (χ1) is 7.72. The predicted octanol–water partition coefficient (Wildman–Crippen LogP) is 1.75. The summed E-state index contributed by atoms with van der Waals surface area (Å²) in [5, 5.41) is 2.89. The molecule has 0 aromatic carbocycles. The van der Waals surface area contributed by atoms with E-state index in [1.54, 1.807) is 18.3 Å². The maximum atomic E-state index is 11.8. The highest BCUT2D eigenvalue weighted by atomic mass is 79.9. The lowest BCUT2D eigenvalue weighted by Gasteiger charge is -2.05. The van der Waals surface area contributed by atoms with Gasteiger partial charge in [-0.2, -0.15) is 0 Å². The quantitative estimate of drug-likeness (QED) is 0.917. The fourth-order valence-electron chi connectivity index (χ4n) is 1.51. The van der Waals surface area contributed by atoms with Crippen LogP contribution < -0.4 is 5.32 Å². The van der Waals surface area contributed by atoms with E-state index in [1.165, 1.54) is 0 Å². The molecular formula is C11H13BrN2O2. The van der Waals surface area contributed by atoms with Gasteiger partial charge in [0.05, 0.1) is 12.1 Å². The molecule has 0 saturated heterocycles. The minimum Gasteiger partial charge on any atom is -0.376 e. The van der Waals surface area contributed by atoms with Crippen LogP contribution in [0.4, 0.5) is 0 Å². The van der Waals surface area contributed by atoms with E-state index in [4.69, 9.17) is 4.74 Å². The lowest BCUT2D eigenvalue weighted by atomic mass is 10.3. The van der Waals surface area contributed by atoms with E-state index in [0.717, 1.165) is 6.42 Å². The Morgan fingerprint density at radius 3 is 3.25 bits per heavy atom. The van der Waals surface area contributed by atoms with Crippen molar-refractivity contribution < 1.29 is 9.53 Å². The summed E-state index contributed by atoms with van der Waals surface area (Å²) in [5.41, 5.74) is 0.421. The number of carbonyl (C=O) groups excluding carboxylic acids is 1. The number of nitrogens with one attached hydrogen (secondary N) is 1. The Morgan fingerprint density at radius 1 is 1.75 bits per heavy atom. The van der Waals surface area contributed by atoms with Crippen molar-refractivity contribution in [1.29, 1.82) is 0 Å². The number of hydrogen-bond acceptors (Lipinski definition) is 3. The molecule has 1 amide bonds. The van der Waals surface area contributed by atoms with Gasteiger partial charge in [0.15, 0.2) is 0 Å². The Morgan fingerprint density at radius 2 is 2.56 bits per heavy atom. The minimum atomic E-state index is -0.153. The zero-order valence-electron chi connectivity index (χ0n) is 8.94. The maximum Gasteiger partial charge on any atom is 0.271 e. The largest absolute Gasteiger partial charge is 0.376 e. The van der Waals surface area contributed by atoms with Crippen LogP contribution in [-0.2, 0) is 4.74 Å². The summed E-state index contributed by atoms with van der Waals surface area (Å²) >= 11 is 3.30. The monoisotopic (exact) mass is 284 g/mol. The molecule has 1 saturated carbocycles. The maximum absolute atomic E-state index is 11.8.